The van der Waals surface area contributed by atoms with Gasteiger partial charge in [-0.3, -0.25) is 0 Å². The van der Waals surface area contributed by atoms with Crippen LogP contribution in [0.2, 0.25) is 0 Å². The highest BCUT2D eigenvalue weighted by Crippen LogP contribution is 2.38. The van der Waals surface area contributed by atoms with Gasteiger partial charge in [0, 0.05) is 42.0 Å². The normalized spacial score (nSPS) is 21.8. The molecule has 35 heavy (non-hydrogen) atoms. The number of nitrogens with zero attached hydrogens (tertiary/aromatic N) is 2. The average molecular weight is 486 g/mol. The van der Waals surface area contributed by atoms with Crippen LogP contribution in [0.5, 0.6) is 0 Å². The number of carbonyl (C=O) groups is 2. The van der Waals surface area contributed by atoms with Crippen LogP contribution < -0.4 is 0 Å². The molecule has 0 saturated carbocycles. The number of hydrogen-bond acceptors (Lipinski definition) is 4. The van der Waals surface area contributed by atoms with Gasteiger partial charge in [-0.15, -0.1) is 0 Å². The summed E-state index contributed by atoms with van der Waals surface area (Å²) in [4.78, 5) is 27.5. The van der Waals surface area contributed by atoms with E-state index in [2.05, 4.69) is 0 Å². The number of halogens is 3. The molecule has 3 heterocycles. The van der Waals surface area contributed by atoms with E-state index in [0.717, 1.165) is 23.0 Å². The number of aromatic nitrogens is 1. The first-order valence-corrected chi connectivity index (χ1v) is 11.6. The molecule has 0 spiro atoms. The molecule has 3 aromatic rings. The fraction of sp³-hybridized carbons (Fsp3) is 0.385. The number of alkyl halides is 3. The Morgan fingerprint density at radius 1 is 0.943 bits per heavy atom. The highest BCUT2D eigenvalue weighted by molar-refractivity contribution is 6.04. The van der Waals surface area contributed by atoms with Crippen LogP contribution in [0.15, 0.2) is 60.8 Å². The standard InChI is InChI=1S/C26H25F3N2O4/c27-26(28,29)16-30-14-22(21-8-4-5-9-23(21)30)24(32)35-20-12-18-10-11-19(13-20)31(18)25(33)34-15-17-6-2-1-3-7-17/h1-9,14,18-20H,10-13,15-16H2/t18-,19+,20-. The third-order valence-corrected chi connectivity index (χ3v) is 6.74. The van der Waals surface area contributed by atoms with Gasteiger partial charge in [0.05, 0.1) is 5.56 Å². The Morgan fingerprint density at radius 2 is 1.60 bits per heavy atom. The number of ether oxygens (including phenoxy) is 2. The monoisotopic (exact) mass is 486 g/mol. The number of fused-ring (bicyclic) bond motifs is 3. The van der Waals surface area contributed by atoms with Crippen LogP contribution in [0.4, 0.5) is 18.0 Å². The Kier molecular flexibility index (Phi) is 6.17. The lowest BCUT2D eigenvalue weighted by atomic mass is 10.00. The van der Waals surface area contributed by atoms with Gasteiger partial charge in [-0.1, -0.05) is 48.5 Å². The molecule has 0 radical (unpaired) electrons. The number of para-hydroxylation sites is 1. The third-order valence-electron chi connectivity index (χ3n) is 6.74. The second-order valence-electron chi connectivity index (χ2n) is 9.13. The molecule has 2 aliphatic heterocycles. The van der Waals surface area contributed by atoms with E-state index >= 15 is 0 Å². The van der Waals surface area contributed by atoms with Crippen molar-refractivity contribution in [2.24, 2.45) is 0 Å². The van der Waals surface area contributed by atoms with Crippen molar-refractivity contribution in [2.75, 3.05) is 0 Å². The zero-order valence-electron chi connectivity index (χ0n) is 18.9. The van der Waals surface area contributed by atoms with Crippen molar-refractivity contribution < 1.29 is 32.2 Å². The van der Waals surface area contributed by atoms with E-state index in [1.54, 1.807) is 29.2 Å². The molecule has 0 aliphatic carbocycles. The van der Waals surface area contributed by atoms with Crippen LogP contribution in [-0.4, -0.2) is 45.9 Å². The lowest BCUT2D eigenvalue weighted by Crippen LogP contribution is -2.49. The minimum Gasteiger partial charge on any atom is -0.459 e. The van der Waals surface area contributed by atoms with Crippen molar-refractivity contribution in [3.05, 3.63) is 71.9 Å². The summed E-state index contributed by atoms with van der Waals surface area (Å²) >= 11 is 0. The van der Waals surface area contributed by atoms with E-state index in [1.807, 2.05) is 30.3 Å². The summed E-state index contributed by atoms with van der Waals surface area (Å²) in [5.41, 5.74) is 1.34. The van der Waals surface area contributed by atoms with Crippen molar-refractivity contribution >= 4 is 23.0 Å². The number of amides is 1. The van der Waals surface area contributed by atoms with Crippen molar-refractivity contribution in [3.8, 4) is 0 Å². The van der Waals surface area contributed by atoms with Crippen molar-refractivity contribution in [2.45, 2.75) is 63.2 Å². The molecule has 9 heteroatoms. The molecular formula is C26H25F3N2O4. The van der Waals surface area contributed by atoms with Gasteiger partial charge in [0.15, 0.2) is 0 Å². The van der Waals surface area contributed by atoms with E-state index in [1.165, 1.54) is 6.20 Å². The molecular weight excluding hydrogens is 461 g/mol. The van der Waals surface area contributed by atoms with Gasteiger partial charge in [0.2, 0.25) is 0 Å². The number of hydrogen-bond donors (Lipinski definition) is 0. The Balaban J connectivity index is 1.24. The van der Waals surface area contributed by atoms with E-state index in [0.29, 0.717) is 23.7 Å². The predicted molar refractivity (Wildman–Crippen MR) is 122 cm³/mol. The summed E-state index contributed by atoms with van der Waals surface area (Å²) in [7, 11) is 0. The van der Waals surface area contributed by atoms with E-state index in [-0.39, 0.29) is 30.3 Å². The van der Waals surface area contributed by atoms with Crippen LogP contribution in [0, 0.1) is 0 Å². The summed E-state index contributed by atoms with van der Waals surface area (Å²) in [5.74, 6) is -0.647. The first kappa shape index (κ1) is 23.3. The van der Waals surface area contributed by atoms with Crippen LogP contribution in [0.3, 0.4) is 0 Å². The fourth-order valence-corrected chi connectivity index (χ4v) is 5.26. The SMILES string of the molecule is O=C(O[C@@H]1C[C@H]2CC[C@@H](C1)N2C(=O)OCc1ccccc1)c1cn(CC(F)(F)F)c2ccccc12. The van der Waals surface area contributed by atoms with E-state index in [4.69, 9.17) is 9.47 Å². The van der Waals surface area contributed by atoms with Gasteiger partial charge in [-0.25, -0.2) is 9.59 Å². The molecule has 0 N–H and O–H groups in total. The summed E-state index contributed by atoms with van der Waals surface area (Å²) in [6.07, 6.45) is -1.44. The van der Waals surface area contributed by atoms with Crippen molar-refractivity contribution in [1.29, 1.82) is 0 Å². The van der Waals surface area contributed by atoms with Gasteiger partial charge in [-0.05, 0) is 24.5 Å². The Labute approximate surface area is 200 Å². The molecule has 3 atom stereocenters. The van der Waals surface area contributed by atoms with Crippen LogP contribution in [0.1, 0.15) is 41.6 Å². The van der Waals surface area contributed by atoms with Crippen LogP contribution in [-0.2, 0) is 22.6 Å². The molecule has 2 aromatic carbocycles. The van der Waals surface area contributed by atoms with Gasteiger partial charge < -0.3 is 18.9 Å². The number of esters is 1. The quantitative estimate of drug-likeness (QED) is 0.435. The summed E-state index contributed by atoms with van der Waals surface area (Å²) in [6, 6.07) is 15.7. The molecule has 184 valence electrons. The predicted octanol–water partition coefficient (Wildman–Crippen LogP) is 5.69. The maximum atomic E-state index is 13.0. The highest BCUT2D eigenvalue weighted by atomic mass is 19.4. The number of piperidine rings is 1. The topological polar surface area (TPSA) is 60.8 Å². The molecule has 5 rings (SSSR count). The second-order valence-corrected chi connectivity index (χ2v) is 9.13. The Hall–Kier alpha value is -3.49. The molecule has 6 nitrogen and oxygen atoms in total. The van der Waals surface area contributed by atoms with Gasteiger partial charge in [0.25, 0.3) is 0 Å². The molecule has 2 bridgehead atoms. The average Bonchev–Trinajstić information content (AvgIpc) is 3.32. The Bertz CT molecular complexity index is 1210. The first-order valence-electron chi connectivity index (χ1n) is 11.6. The molecule has 1 aromatic heterocycles. The van der Waals surface area contributed by atoms with Crippen LogP contribution >= 0.6 is 0 Å². The number of benzene rings is 2. The third kappa shape index (κ3) is 4.99. The molecule has 1 amide bonds. The summed E-state index contributed by atoms with van der Waals surface area (Å²) in [6.45, 7) is -0.996. The Morgan fingerprint density at radius 3 is 2.29 bits per heavy atom. The zero-order valence-corrected chi connectivity index (χ0v) is 18.9. The van der Waals surface area contributed by atoms with E-state index in [9.17, 15) is 22.8 Å². The van der Waals surface area contributed by atoms with E-state index < -0.39 is 24.8 Å². The minimum absolute atomic E-state index is 0.0959. The zero-order chi connectivity index (χ0) is 24.6. The molecule has 2 aliphatic rings. The lowest BCUT2D eigenvalue weighted by molar-refractivity contribution is -0.139. The second kappa shape index (κ2) is 9.28. The lowest BCUT2D eigenvalue weighted by Gasteiger charge is -2.37. The van der Waals surface area contributed by atoms with Crippen molar-refractivity contribution in [1.82, 2.24) is 9.47 Å². The van der Waals surface area contributed by atoms with Gasteiger partial charge in [-0.2, -0.15) is 13.2 Å². The molecule has 2 fully saturated rings. The maximum absolute atomic E-state index is 13.0. The van der Waals surface area contributed by atoms with Gasteiger partial charge in [0.1, 0.15) is 19.3 Å². The maximum Gasteiger partial charge on any atom is 0.410 e. The van der Waals surface area contributed by atoms with Gasteiger partial charge >= 0.3 is 18.2 Å². The fourth-order valence-electron chi connectivity index (χ4n) is 5.26. The number of rotatable bonds is 5. The number of carbonyl (C=O) groups excluding carboxylic acids is 2. The highest BCUT2D eigenvalue weighted by Gasteiger charge is 2.45. The molecule has 0 unspecified atom stereocenters. The van der Waals surface area contributed by atoms with Crippen molar-refractivity contribution in [3.63, 3.8) is 0 Å². The summed E-state index contributed by atoms with van der Waals surface area (Å²) < 4.78 is 51.4. The largest absolute Gasteiger partial charge is 0.459 e. The molecule has 2 saturated heterocycles. The minimum atomic E-state index is -4.41. The first-order chi connectivity index (χ1) is 16.8. The summed E-state index contributed by atoms with van der Waals surface area (Å²) in [5, 5.41) is 0.423. The smallest absolute Gasteiger partial charge is 0.410 e. The van der Waals surface area contributed by atoms with Crippen LogP contribution in [0.25, 0.3) is 10.9 Å².